The van der Waals surface area contributed by atoms with Crippen LogP contribution in [0.3, 0.4) is 0 Å². The van der Waals surface area contributed by atoms with Crippen molar-refractivity contribution in [1.29, 1.82) is 0 Å². The molecule has 2 heterocycles. The number of nitrogens with two attached hydrogens (primary N) is 1. The van der Waals surface area contributed by atoms with Crippen LogP contribution in [-0.2, 0) is 6.54 Å². The molecule has 2 aromatic rings. The number of benzene rings is 1. The lowest BCUT2D eigenvalue weighted by Crippen LogP contribution is -2.46. The zero-order valence-corrected chi connectivity index (χ0v) is 12.6. The Balaban J connectivity index is 1.64. The van der Waals surface area contributed by atoms with Crippen LogP contribution in [0.4, 0.5) is 10.8 Å². The van der Waals surface area contributed by atoms with Gasteiger partial charge in [-0.1, -0.05) is 12.1 Å². The maximum absolute atomic E-state index is 5.65. The van der Waals surface area contributed by atoms with Crippen LogP contribution >= 0.6 is 11.3 Å². The van der Waals surface area contributed by atoms with Crippen LogP contribution in [-0.4, -0.2) is 31.2 Å². The van der Waals surface area contributed by atoms with E-state index < -0.39 is 0 Å². The molecule has 1 aromatic heterocycles. The van der Waals surface area contributed by atoms with E-state index >= 15 is 0 Å². The maximum Gasteiger partial charge on any atom is 0.185 e. The van der Waals surface area contributed by atoms with Crippen molar-refractivity contribution in [3.8, 4) is 0 Å². The first-order valence-electron chi connectivity index (χ1n) is 6.97. The number of aromatic nitrogens is 1. The fourth-order valence-corrected chi connectivity index (χ4v) is 3.36. The molecule has 0 bridgehead atoms. The smallest absolute Gasteiger partial charge is 0.185 e. The van der Waals surface area contributed by atoms with Gasteiger partial charge in [0.25, 0.3) is 0 Å². The molecule has 2 N–H and O–H groups in total. The van der Waals surface area contributed by atoms with Gasteiger partial charge in [0.15, 0.2) is 5.13 Å². The summed E-state index contributed by atoms with van der Waals surface area (Å²) in [5, 5.41) is 1.11. The Hall–Kier alpha value is -1.59. The lowest BCUT2D eigenvalue weighted by Gasteiger charge is -2.36. The van der Waals surface area contributed by atoms with Gasteiger partial charge in [0.2, 0.25) is 0 Å². The van der Waals surface area contributed by atoms with Gasteiger partial charge in [-0.15, -0.1) is 11.3 Å². The maximum atomic E-state index is 5.65. The minimum atomic E-state index is 0.584. The quantitative estimate of drug-likeness (QED) is 0.941. The predicted octanol–water partition coefficient (Wildman–Crippen LogP) is 2.24. The fraction of sp³-hybridized carbons (Fsp3) is 0.400. The number of aryl methyl sites for hydroxylation is 1. The van der Waals surface area contributed by atoms with E-state index in [4.69, 9.17) is 5.73 Å². The third-order valence-electron chi connectivity index (χ3n) is 3.66. The molecule has 0 radical (unpaired) electrons. The van der Waals surface area contributed by atoms with Crippen LogP contribution in [0.15, 0.2) is 30.5 Å². The van der Waals surface area contributed by atoms with Gasteiger partial charge in [-0.25, -0.2) is 4.98 Å². The van der Waals surface area contributed by atoms with E-state index in [9.17, 15) is 0 Å². The van der Waals surface area contributed by atoms with Crippen LogP contribution in [0, 0.1) is 6.92 Å². The Kier molecular flexibility index (Phi) is 3.89. The van der Waals surface area contributed by atoms with E-state index in [1.807, 2.05) is 6.20 Å². The molecule has 1 saturated heterocycles. The van der Waals surface area contributed by atoms with Crippen LogP contribution in [0.1, 0.15) is 10.4 Å². The molecule has 20 heavy (non-hydrogen) atoms. The number of thiazole rings is 1. The Morgan fingerprint density at radius 3 is 2.60 bits per heavy atom. The van der Waals surface area contributed by atoms with Crippen LogP contribution in [0.2, 0.25) is 0 Å². The van der Waals surface area contributed by atoms with E-state index in [0.717, 1.165) is 36.2 Å². The van der Waals surface area contributed by atoms with Gasteiger partial charge in [0.1, 0.15) is 0 Å². The first-order valence-corrected chi connectivity index (χ1v) is 7.79. The SMILES string of the molecule is Cc1cccc(N2CCN(c3ncc(CN)s3)CC2)c1. The molecular weight excluding hydrogens is 268 g/mol. The van der Waals surface area contributed by atoms with Gasteiger partial charge in [-0.05, 0) is 24.6 Å². The molecule has 5 heteroatoms. The molecule has 1 aliphatic heterocycles. The lowest BCUT2D eigenvalue weighted by molar-refractivity contribution is 0.652. The summed E-state index contributed by atoms with van der Waals surface area (Å²) in [5.74, 6) is 0. The zero-order chi connectivity index (χ0) is 13.9. The summed E-state index contributed by atoms with van der Waals surface area (Å²) in [6, 6.07) is 8.72. The minimum absolute atomic E-state index is 0.584. The molecule has 0 amide bonds. The van der Waals surface area contributed by atoms with Gasteiger partial charge >= 0.3 is 0 Å². The van der Waals surface area contributed by atoms with Crippen LogP contribution in [0.25, 0.3) is 0 Å². The summed E-state index contributed by atoms with van der Waals surface area (Å²) in [6.45, 7) is 6.85. The summed E-state index contributed by atoms with van der Waals surface area (Å²) in [4.78, 5) is 10.4. The summed E-state index contributed by atoms with van der Waals surface area (Å²) in [5.41, 5.74) is 8.29. The lowest BCUT2D eigenvalue weighted by atomic mass is 10.2. The topological polar surface area (TPSA) is 45.4 Å². The minimum Gasteiger partial charge on any atom is -0.368 e. The second kappa shape index (κ2) is 5.81. The number of nitrogens with zero attached hydrogens (tertiary/aromatic N) is 3. The molecule has 1 fully saturated rings. The van der Waals surface area contributed by atoms with Gasteiger partial charge in [0.05, 0.1) is 0 Å². The highest BCUT2D eigenvalue weighted by Crippen LogP contribution is 2.25. The van der Waals surface area contributed by atoms with Gasteiger partial charge in [-0.3, -0.25) is 0 Å². The first-order chi connectivity index (χ1) is 9.76. The van der Waals surface area contributed by atoms with E-state index in [2.05, 4.69) is 46.0 Å². The fourth-order valence-electron chi connectivity index (χ4n) is 2.52. The summed E-state index contributed by atoms with van der Waals surface area (Å²) in [7, 11) is 0. The highest BCUT2D eigenvalue weighted by atomic mass is 32.1. The molecule has 1 aromatic carbocycles. The largest absolute Gasteiger partial charge is 0.368 e. The standard InChI is InChI=1S/C15H20N4S/c1-12-3-2-4-13(9-12)18-5-7-19(8-6-18)15-17-11-14(10-16)20-15/h2-4,9,11H,5-8,10,16H2,1H3. The normalized spacial score (nSPS) is 15.7. The Morgan fingerprint density at radius 2 is 1.95 bits per heavy atom. The molecule has 0 spiro atoms. The predicted molar refractivity (Wildman–Crippen MR) is 85.6 cm³/mol. The van der Waals surface area contributed by atoms with Crippen molar-refractivity contribution in [2.24, 2.45) is 5.73 Å². The van der Waals surface area contributed by atoms with Crippen molar-refractivity contribution in [3.63, 3.8) is 0 Å². The van der Waals surface area contributed by atoms with Crippen molar-refractivity contribution < 1.29 is 0 Å². The second-order valence-electron chi connectivity index (χ2n) is 5.13. The van der Waals surface area contributed by atoms with Crippen molar-refractivity contribution in [1.82, 2.24) is 4.98 Å². The molecule has 0 saturated carbocycles. The number of hydrogen-bond donors (Lipinski definition) is 1. The Bertz CT molecular complexity index is 573. The molecule has 0 unspecified atom stereocenters. The monoisotopic (exact) mass is 288 g/mol. The second-order valence-corrected chi connectivity index (χ2v) is 6.22. The molecule has 3 rings (SSSR count). The number of anilines is 2. The molecule has 106 valence electrons. The van der Waals surface area contributed by atoms with E-state index in [0.29, 0.717) is 6.54 Å². The third kappa shape index (κ3) is 2.78. The van der Waals surface area contributed by atoms with E-state index in [1.165, 1.54) is 11.3 Å². The van der Waals surface area contributed by atoms with Crippen molar-refractivity contribution in [2.45, 2.75) is 13.5 Å². The highest BCUT2D eigenvalue weighted by molar-refractivity contribution is 7.15. The average Bonchev–Trinajstić information content (AvgIpc) is 2.96. The Morgan fingerprint density at radius 1 is 1.20 bits per heavy atom. The van der Waals surface area contributed by atoms with Crippen LogP contribution in [0.5, 0.6) is 0 Å². The molecular formula is C15H20N4S. The van der Waals surface area contributed by atoms with E-state index in [1.54, 1.807) is 11.3 Å². The van der Waals surface area contributed by atoms with Gasteiger partial charge in [-0.2, -0.15) is 0 Å². The van der Waals surface area contributed by atoms with Crippen molar-refractivity contribution in [2.75, 3.05) is 36.0 Å². The van der Waals surface area contributed by atoms with Crippen molar-refractivity contribution >= 4 is 22.2 Å². The summed E-state index contributed by atoms with van der Waals surface area (Å²) in [6.07, 6.45) is 1.90. The molecule has 0 aliphatic carbocycles. The highest BCUT2D eigenvalue weighted by Gasteiger charge is 2.19. The van der Waals surface area contributed by atoms with Crippen molar-refractivity contribution in [3.05, 3.63) is 40.9 Å². The zero-order valence-electron chi connectivity index (χ0n) is 11.7. The number of rotatable bonds is 3. The van der Waals surface area contributed by atoms with E-state index in [-0.39, 0.29) is 0 Å². The molecule has 0 atom stereocenters. The number of piperazine rings is 1. The Labute approximate surface area is 123 Å². The van der Waals surface area contributed by atoms with Crippen LogP contribution < -0.4 is 15.5 Å². The van der Waals surface area contributed by atoms with Gasteiger partial charge in [0, 0.05) is 49.5 Å². The van der Waals surface area contributed by atoms with Gasteiger partial charge < -0.3 is 15.5 Å². The third-order valence-corrected chi connectivity index (χ3v) is 4.74. The first kappa shape index (κ1) is 13.4. The number of hydrogen-bond acceptors (Lipinski definition) is 5. The summed E-state index contributed by atoms with van der Waals surface area (Å²) < 4.78 is 0. The average molecular weight is 288 g/mol. The molecule has 1 aliphatic rings. The molecule has 4 nitrogen and oxygen atoms in total. The summed E-state index contributed by atoms with van der Waals surface area (Å²) >= 11 is 1.71.